The van der Waals surface area contributed by atoms with Crippen LogP contribution in [-0.2, 0) is 18.8 Å². The van der Waals surface area contributed by atoms with Crippen molar-refractivity contribution in [2.45, 2.75) is 48.4 Å². The van der Waals surface area contributed by atoms with Gasteiger partial charge < -0.3 is 20.6 Å². The average Bonchev–Trinajstić information content (AvgIpc) is 3.24. The number of β-lactam (4-membered cyclic amide) rings is 1. The number of hydrogen-bond donors (Lipinski definition) is 3. The molecular formula is C22H27N5O5S3Si. The van der Waals surface area contributed by atoms with Crippen LogP contribution in [0.1, 0.15) is 16.6 Å². The van der Waals surface area contributed by atoms with E-state index in [1.807, 2.05) is 26.6 Å². The predicted molar refractivity (Wildman–Crippen MR) is 142 cm³/mol. The Kier molecular flexibility index (Phi) is 7.80. The molecule has 4 rings (SSSR count). The number of carbonyl (C=O) groups is 3. The first-order valence-electron chi connectivity index (χ1n) is 11.1. The number of phenols is 1. The Morgan fingerprint density at radius 2 is 2.00 bits per heavy atom. The summed E-state index contributed by atoms with van der Waals surface area (Å²) in [5.41, 5.74) is 7.63. The van der Waals surface area contributed by atoms with Crippen molar-refractivity contribution in [3.05, 3.63) is 46.1 Å². The van der Waals surface area contributed by atoms with E-state index in [0.29, 0.717) is 17.1 Å². The first kappa shape index (κ1) is 26.7. The highest BCUT2D eigenvalue weighted by molar-refractivity contribution is 8.01. The smallest absolute Gasteiger partial charge is 0.341 e. The molecule has 10 nitrogen and oxygen atoms in total. The lowest BCUT2D eigenvalue weighted by Gasteiger charge is -2.50. The van der Waals surface area contributed by atoms with Crippen LogP contribution in [0.5, 0.6) is 5.75 Å². The monoisotopic (exact) mass is 565 g/mol. The van der Waals surface area contributed by atoms with Gasteiger partial charge in [-0.05, 0) is 49.8 Å². The van der Waals surface area contributed by atoms with Gasteiger partial charge in [0.15, 0.2) is 4.34 Å². The number of aryl methyl sites for hydroxylation is 1. The van der Waals surface area contributed by atoms with Crippen molar-refractivity contribution in [2.24, 2.45) is 5.73 Å². The van der Waals surface area contributed by atoms with Crippen molar-refractivity contribution < 1.29 is 23.9 Å². The fraction of sp³-hybridized carbons (Fsp3) is 0.409. The molecule has 2 amide bonds. The number of nitrogens with zero attached hydrogens (tertiary/aromatic N) is 3. The summed E-state index contributed by atoms with van der Waals surface area (Å²) in [6, 6.07) is 4.19. The second kappa shape index (κ2) is 10.5. The molecule has 1 fully saturated rings. The van der Waals surface area contributed by atoms with E-state index in [-0.39, 0.29) is 17.4 Å². The van der Waals surface area contributed by atoms with Gasteiger partial charge in [0.1, 0.15) is 33.9 Å². The number of benzene rings is 1. The van der Waals surface area contributed by atoms with E-state index >= 15 is 0 Å². The summed E-state index contributed by atoms with van der Waals surface area (Å²) < 4.78 is 6.55. The third kappa shape index (κ3) is 5.77. The molecule has 2 aliphatic heterocycles. The van der Waals surface area contributed by atoms with Gasteiger partial charge in [-0.15, -0.1) is 22.0 Å². The molecule has 2 aromatic rings. The van der Waals surface area contributed by atoms with Gasteiger partial charge >= 0.3 is 5.97 Å². The maximum Gasteiger partial charge on any atom is 0.341 e. The standard InChI is InChI=1S/C22H27N5O5S3Si/c1-11-25-26-22(35-11)34-10-13-9-33-20-16(19(30)27(20)17(13)21(31)32-36(2,3)4)24-18(29)15(23)12-5-7-14(28)8-6-12/h5-8,15-16,20,28H,9-10,23H2,1-4H3,(H,24,29)/t15?,16?,20-/m1/s1. The first-order valence-corrected chi connectivity index (χ1v) is 17.4. The van der Waals surface area contributed by atoms with Crippen molar-refractivity contribution in [1.82, 2.24) is 20.4 Å². The van der Waals surface area contributed by atoms with E-state index in [0.717, 1.165) is 14.9 Å². The highest BCUT2D eigenvalue weighted by atomic mass is 32.2. The van der Waals surface area contributed by atoms with Crippen molar-refractivity contribution in [3.63, 3.8) is 0 Å². The molecule has 192 valence electrons. The number of thioether (sulfide) groups is 2. The maximum atomic E-state index is 13.2. The van der Waals surface area contributed by atoms with Crippen molar-refractivity contribution in [1.29, 1.82) is 0 Å². The van der Waals surface area contributed by atoms with Crippen LogP contribution in [0.3, 0.4) is 0 Å². The lowest BCUT2D eigenvalue weighted by atomic mass is 10.0. The zero-order valence-corrected chi connectivity index (χ0v) is 23.6. The molecule has 3 atom stereocenters. The van der Waals surface area contributed by atoms with Crippen LogP contribution >= 0.6 is 34.9 Å². The number of fused-ring (bicyclic) bond motifs is 1. The first-order chi connectivity index (χ1) is 16.9. The summed E-state index contributed by atoms with van der Waals surface area (Å²) in [4.78, 5) is 40.6. The average molecular weight is 566 g/mol. The molecule has 0 radical (unpaired) electrons. The summed E-state index contributed by atoms with van der Waals surface area (Å²) in [6.45, 7) is 7.60. The minimum Gasteiger partial charge on any atom is -0.515 e. The van der Waals surface area contributed by atoms with Crippen LogP contribution in [-0.4, -0.2) is 69.2 Å². The Balaban J connectivity index is 1.51. The number of phenolic OH excluding ortho intramolecular Hbond substituents is 1. The number of aromatic nitrogens is 2. The Morgan fingerprint density at radius 3 is 2.61 bits per heavy atom. The van der Waals surface area contributed by atoms with Crippen LogP contribution in [0.25, 0.3) is 0 Å². The molecule has 0 bridgehead atoms. The number of aromatic hydroxyl groups is 1. The molecule has 36 heavy (non-hydrogen) atoms. The normalized spacial score (nSPS) is 20.5. The van der Waals surface area contributed by atoms with Crippen LogP contribution in [0.4, 0.5) is 0 Å². The largest absolute Gasteiger partial charge is 0.515 e. The Hall–Kier alpha value is -2.39. The topological polar surface area (TPSA) is 148 Å². The number of nitrogens with one attached hydrogen (secondary N) is 1. The number of nitrogens with two attached hydrogens (primary N) is 1. The summed E-state index contributed by atoms with van der Waals surface area (Å²) >= 11 is 4.41. The molecule has 1 aromatic carbocycles. The molecule has 4 N–H and O–H groups in total. The van der Waals surface area contributed by atoms with Crippen molar-refractivity contribution in [3.8, 4) is 5.75 Å². The maximum absolute atomic E-state index is 13.2. The van der Waals surface area contributed by atoms with Gasteiger partial charge in [-0.2, -0.15) is 0 Å². The Labute approximate surface area is 222 Å². The van der Waals surface area contributed by atoms with E-state index in [2.05, 4.69) is 15.5 Å². The number of rotatable bonds is 8. The van der Waals surface area contributed by atoms with Gasteiger partial charge in [0.2, 0.25) is 14.2 Å². The van der Waals surface area contributed by atoms with E-state index in [1.54, 1.807) is 12.1 Å². The highest BCUT2D eigenvalue weighted by Gasteiger charge is 2.54. The minimum absolute atomic E-state index is 0.0644. The van der Waals surface area contributed by atoms with Crippen LogP contribution in [0, 0.1) is 6.92 Å². The fourth-order valence-corrected chi connectivity index (χ4v) is 7.62. The summed E-state index contributed by atoms with van der Waals surface area (Å²) in [6.07, 6.45) is 0. The fourth-order valence-electron chi connectivity index (χ4n) is 3.67. The van der Waals surface area contributed by atoms with E-state index in [9.17, 15) is 19.5 Å². The predicted octanol–water partition coefficient (Wildman–Crippen LogP) is 2.38. The van der Waals surface area contributed by atoms with Crippen molar-refractivity contribution >= 4 is 61.0 Å². The van der Waals surface area contributed by atoms with Gasteiger partial charge in [0.25, 0.3) is 5.91 Å². The van der Waals surface area contributed by atoms with Crippen LogP contribution in [0.2, 0.25) is 19.6 Å². The second-order valence-corrected chi connectivity index (χ2v) is 17.2. The summed E-state index contributed by atoms with van der Waals surface area (Å²) in [5, 5.41) is 20.8. The molecule has 0 saturated carbocycles. The Bertz CT molecular complexity index is 1210. The van der Waals surface area contributed by atoms with Gasteiger partial charge in [0.05, 0.1) is 0 Å². The molecule has 14 heteroatoms. The third-order valence-corrected chi connectivity index (χ3v) is 9.54. The van der Waals surface area contributed by atoms with Crippen LogP contribution in [0.15, 0.2) is 39.9 Å². The van der Waals surface area contributed by atoms with E-state index in [1.165, 1.54) is 51.9 Å². The number of hydrogen-bond acceptors (Lipinski definition) is 11. The third-order valence-electron chi connectivity index (χ3n) is 5.35. The lowest BCUT2D eigenvalue weighted by Crippen LogP contribution is -2.71. The van der Waals surface area contributed by atoms with Gasteiger partial charge in [-0.3, -0.25) is 14.5 Å². The molecule has 0 spiro atoms. The van der Waals surface area contributed by atoms with E-state index < -0.39 is 37.7 Å². The number of amides is 2. The van der Waals surface area contributed by atoms with Gasteiger partial charge in [0, 0.05) is 11.5 Å². The van der Waals surface area contributed by atoms with Gasteiger partial charge in [-0.25, -0.2) is 4.79 Å². The zero-order valence-electron chi connectivity index (χ0n) is 20.2. The summed E-state index contributed by atoms with van der Waals surface area (Å²) in [5.74, 6) is -0.363. The quantitative estimate of drug-likeness (QED) is 0.247. The minimum atomic E-state index is -2.23. The van der Waals surface area contributed by atoms with Crippen LogP contribution < -0.4 is 11.1 Å². The van der Waals surface area contributed by atoms with E-state index in [4.69, 9.17) is 10.2 Å². The zero-order chi connectivity index (χ0) is 26.2. The molecule has 3 heterocycles. The summed E-state index contributed by atoms with van der Waals surface area (Å²) in [7, 11) is -2.23. The van der Waals surface area contributed by atoms with Crippen molar-refractivity contribution in [2.75, 3.05) is 11.5 Å². The molecule has 1 aromatic heterocycles. The Morgan fingerprint density at radius 1 is 1.31 bits per heavy atom. The second-order valence-electron chi connectivity index (χ2n) is 9.29. The molecule has 1 saturated heterocycles. The van der Waals surface area contributed by atoms with Gasteiger partial charge in [-0.1, -0.05) is 35.2 Å². The molecular weight excluding hydrogens is 539 g/mol. The molecule has 2 aliphatic rings. The number of carbonyl (C=O) groups excluding carboxylic acids is 3. The highest BCUT2D eigenvalue weighted by Crippen LogP contribution is 2.42. The lowest BCUT2D eigenvalue weighted by molar-refractivity contribution is -0.150. The molecule has 2 unspecified atom stereocenters. The SMILES string of the molecule is Cc1nnc(SCC2=C(C(=O)O[Si](C)(C)C)N3C(=O)C(NC(=O)C(N)c4ccc(O)cc4)[C@H]3SC2)s1. The molecule has 0 aliphatic carbocycles.